The van der Waals surface area contributed by atoms with E-state index in [-0.39, 0.29) is 0 Å². The zero-order valence-corrected chi connectivity index (χ0v) is 11.6. The molecule has 1 atom stereocenters. The van der Waals surface area contributed by atoms with Gasteiger partial charge in [0.1, 0.15) is 0 Å². The molecule has 0 aliphatic carbocycles. The van der Waals surface area contributed by atoms with Crippen LogP contribution in [0.5, 0.6) is 0 Å². The number of ether oxygens (including phenoxy) is 1. The molecule has 1 aliphatic rings. The first-order chi connectivity index (χ1) is 8.79. The van der Waals surface area contributed by atoms with Crippen molar-refractivity contribution in [3.63, 3.8) is 0 Å². The summed E-state index contributed by atoms with van der Waals surface area (Å²) < 4.78 is 5.38. The van der Waals surface area contributed by atoms with Crippen molar-refractivity contribution < 1.29 is 4.74 Å². The zero-order chi connectivity index (χ0) is 12.8. The first-order valence-electron chi connectivity index (χ1n) is 7.21. The Labute approximate surface area is 111 Å². The topological polar surface area (TPSA) is 21.3 Å². The second kappa shape index (κ2) is 6.79. The highest BCUT2D eigenvalue weighted by atomic mass is 16.5. The second-order valence-electron chi connectivity index (χ2n) is 5.37. The lowest BCUT2D eigenvalue weighted by molar-refractivity contribution is 0.0699. The van der Waals surface area contributed by atoms with Gasteiger partial charge in [-0.15, -0.1) is 0 Å². The van der Waals surface area contributed by atoms with Gasteiger partial charge in [0.25, 0.3) is 0 Å². The molecule has 0 amide bonds. The lowest BCUT2D eigenvalue weighted by atomic mass is 9.98. The average molecular weight is 247 g/mol. The normalized spacial score (nSPS) is 18.6. The van der Waals surface area contributed by atoms with E-state index in [0.29, 0.717) is 5.92 Å². The van der Waals surface area contributed by atoms with Gasteiger partial charge in [0.15, 0.2) is 0 Å². The average Bonchev–Trinajstić information content (AvgIpc) is 2.46. The Bertz CT molecular complexity index is 341. The molecule has 0 radical (unpaired) electrons. The van der Waals surface area contributed by atoms with E-state index in [9.17, 15) is 0 Å². The Morgan fingerprint density at radius 1 is 1.22 bits per heavy atom. The van der Waals surface area contributed by atoms with E-state index < -0.39 is 0 Å². The molecule has 100 valence electrons. The fourth-order valence-electron chi connectivity index (χ4n) is 2.38. The highest BCUT2D eigenvalue weighted by Gasteiger charge is 2.13. The van der Waals surface area contributed by atoms with E-state index in [1.165, 1.54) is 30.5 Å². The maximum absolute atomic E-state index is 5.38. The number of hydrogen-bond donors (Lipinski definition) is 1. The number of nitrogens with one attached hydrogen (secondary N) is 1. The van der Waals surface area contributed by atoms with Crippen molar-refractivity contribution in [2.24, 2.45) is 5.92 Å². The molecule has 0 saturated carbocycles. The fourth-order valence-corrected chi connectivity index (χ4v) is 2.38. The van der Waals surface area contributed by atoms with Gasteiger partial charge in [-0.1, -0.05) is 26.0 Å². The predicted molar refractivity (Wildman–Crippen MR) is 77.2 cm³/mol. The summed E-state index contributed by atoms with van der Waals surface area (Å²) >= 11 is 0. The highest BCUT2D eigenvalue weighted by Crippen LogP contribution is 2.21. The van der Waals surface area contributed by atoms with Crippen LogP contribution in [0.25, 0.3) is 0 Å². The molecule has 2 rings (SSSR count). The summed E-state index contributed by atoms with van der Waals surface area (Å²) in [4.78, 5) is 0. The van der Waals surface area contributed by atoms with Crippen LogP contribution < -0.4 is 5.32 Å². The first-order valence-corrected chi connectivity index (χ1v) is 7.21. The molecule has 1 unspecified atom stereocenters. The SMILES string of the molecule is CCC(C)c1ccc(NCC2CCOCC2)cc1. The van der Waals surface area contributed by atoms with Gasteiger partial charge >= 0.3 is 0 Å². The molecule has 1 saturated heterocycles. The molecule has 1 heterocycles. The Kier molecular flexibility index (Phi) is 5.06. The lowest BCUT2D eigenvalue weighted by Gasteiger charge is -2.22. The van der Waals surface area contributed by atoms with Gasteiger partial charge in [0, 0.05) is 25.4 Å². The van der Waals surface area contributed by atoms with E-state index in [1.807, 2.05) is 0 Å². The number of rotatable bonds is 5. The smallest absolute Gasteiger partial charge is 0.0469 e. The van der Waals surface area contributed by atoms with Crippen molar-refractivity contribution in [2.45, 2.75) is 39.0 Å². The van der Waals surface area contributed by atoms with Crippen molar-refractivity contribution in [2.75, 3.05) is 25.1 Å². The van der Waals surface area contributed by atoms with Crippen molar-refractivity contribution in [1.82, 2.24) is 0 Å². The Balaban J connectivity index is 1.82. The van der Waals surface area contributed by atoms with Crippen molar-refractivity contribution in [1.29, 1.82) is 0 Å². The van der Waals surface area contributed by atoms with E-state index in [1.54, 1.807) is 0 Å². The Morgan fingerprint density at radius 3 is 2.50 bits per heavy atom. The minimum Gasteiger partial charge on any atom is -0.385 e. The summed E-state index contributed by atoms with van der Waals surface area (Å²) in [6.45, 7) is 7.46. The third-order valence-corrected chi connectivity index (χ3v) is 4.03. The van der Waals surface area contributed by atoms with Crippen molar-refractivity contribution >= 4 is 5.69 Å². The van der Waals surface area contributed by atoms with Crippen LogP contribution in [-0.4, -0.2) is 19.8 Å². The Morgan fingerprint density at radius 2 is 1.89 bits per heavy atom. The summed E-state index contributed by atoms with van der Waals surface area (Å²) in [5, 5.41) is 3.54. The van der Waals surface area contributed by atoms with Crippen LogP contribution in [0, 0.1) is 5.92 Å². The molecule has 1 aliphatic heterocycles. The number of hydrogen-bond acceptors (Lipinski definition) is 2. The standard InChI is InChI=1S/C16H25NO/c1-3-13(2)15-4-6-16(7-5-15)17-12-14-8-10-18-11-9-14/h4-7,13-14,17H,3,8-12H2,1-2H3. The summed E-state index contributed by atoms with van der Waals surface area (Å²) in [7, 11) is 0. The number of benzene rings is 1. The summed E-state index contributed by atoms with van der Waals surface area (Å²) in [5.41, 5.74) is 2.68. The molecule has 2 heteroatoms. The van der Waals surface area contributed by atoms with Crippen LogP contribution >= 0.6 is 0 Å². The van der Waals surface area contributed by atoms with Gasteiger partial charge in [-0.2, -0.15) is 0 Å². The molecule has 2 nitrogen and oxygen atoms in total. The third kappa shape index (κ3) is 3.74. The van der Waals surface area contributed by atoms with Crippen LogP contribution in [0.15, 0.2) is 24.3 Å². The molecule has 1 N–H and O–H groups in total. The van der Waals surface area contributed by atoms with Gasteiger partial charge in [0.05, 0.1) is 0 Å². The predicted octanol–water partition coefficient (Wildman–Crippen LogP) is 4.04. The van der Waals surface area contributed by atoms with E-state index in [0.717, 1.165) is 25.7 Å². The van der Waals surface area contributed by atoms with Crippen LogP contribution in [0.2, 0.25) is 0 Å². The molecule has 1 aromatic carbocycles. The van der Waals surface area contributed by atoms with Gasteiger partial charge in [-0.05, 0) is 48.8 Å². The maximum atomic E-state index is 5.38. The monoisotopic (exact) mass is 247 g/mol. The van der Waals surface area contributed by atoms with E-state index in [4.69, 9.17) is 4.74 Å². The maximum Gasteiger partial charge on any atom is 0.0469 e. The minimum atomic E-state index is 0.662. The minimum absolute atomic E-state index is 0.662. The highest BCUT2D eigenvalue weighted by molar-refractivity contribution is 5.45. The van der Waals surface area contributed by atoms with E-state index in [2.05, 4.69) is 43.4 Å². The molecule has 1 fully saturated rings. The molecular formula is C16H25NO. The third-order valence-electron chi connectivity index (χ3n) is 4.03. The molecule has 1 aromatic rings. The first kappa shape index (κ1) is 13.4. The van der Waals surface area contributed by atoms with Crippen LogP contribution in [-0.2, 0) is 4.74 Å². The zero-order valence-electron chi connectivity index (χ0n) is 11.6. The van der Waals surface area contributed by atoms with Gasteiger partial charge in [0.2, 0.25) is 0 Å². The van der Waals surface area contributed by atoms with Crippen molar-refractivity contribution in [3.05, 3.63) is 29.8 Å². The van der Waals surface area contributed by atoms with Crippen LogP contribution in [0.3, 0.4) is 0 Å². The molecule has 18 heavy (non-hydrogen) atoms. The van der Waals surface area contributed by atoms with Crippen LogP contribution in [0.1, 0.15) is 44.6 Å². The van der Waals surface area contributed by atoms with Gasteiger partial charge in [-0.3, -0.25) is 0 Å². The van der Waals surface area contributed by atoms with Crippen molar-refractivity contribution in [3.8, 4) is 0 Å². The van der Waals surface area contributed by atoms with Gasteiger partial charge < -0.3 is 10.1 Å². The van der Waals surface area contributed by atoms with Gasteiger partial charge in [-0.25, -0.2) is 0 Å². The lowest BCUT2D eigenvalue weighted by Crippen LogP contribution is -2.22. The fraction of sp³-hybridized carbons (Fsp3) is 0.625. The molecule has 0 spiro atoms. The largest absolute Gasteiger partial charge is 0.385 e. The number of anilines is 1. The van der Waals surface area contributed by atoms with Crippen LogP contribution in [0.4, 0.5) is 5.69 Å². The quantitative estimate of drug-likeness (QED) is 0.848. The molecule has 0 aromatic heterocycles. The van der Waals surface area contributed by atoms with E-state index >= 15 is 0 Å². The summed E-state index contributed by atoms with van der Waals surface area (Å²) in [6.07, 6.45) is 3.59. The second-order valence-corrected chi connectivity index (χ2v) is 5.37. The Hall–Kier alpha value is -1.02. The molecular weight excluding hydrogens is 222 g/mol. The summed E-state index contributed by atoms with van der Waals surface area (Å²) in [5.74, 6) is 1.43. The summed E-state index contributed by atoms with van der Waals surface area (Å²) in [6, 6.07) is 8.92. The molecule has 0 bridgehead atoms.